The molecule has 4 aromatic rings. The number of hydrogen-bond acceptors (Lipinski definition) is 1. The van der Waals surface area contributed by atoms with Crippen LogP contribution in [0.3, 0.4) is 0 Å². The summed E-state index contributed by atoms with van der Waals surface area (Å²) < 4.78 is 0. The summed E-state index contributed by atoms with van der Waals surface area (Å²) in [4.78, 5) is 12.8. The Labute approximate surface area is 139 Å². The number of carbonyl (C=O) groups excluding carboxylic acids is 1. The molecule has 1 unspecified atom stereocenters. The number of benzene rings is 4. The van der Waals surface area contributed by atoms with Gasteiger partial charge in [0.1, 0.15) is 0 Å². The van der Waals surface area contributed by atoms with Crippen LogP contribution < -0.4 is 5.32 Å². The van der Waals surface area contributed by atoms with Gasteiger partial charge in [0, 0.05) is 5.69 Å². The molecule has 0 saturated heterocycles. The average Bonchev–Trinajstić information content (AvgIpc) is 2.95. The van der Waals surface area contributed by atoms with E-state index in [1.807, 2.05) is 42.5 Å². The first kappa shape index (κ1) is 13.3. The Morgan fingerprint density at radius 3 is 2.00 bits per heavy atom. The molecule has 0 aliphatic carbocycles. The van der Waals surface area contributed by atoms with E-state index >= 15 is 0 Å². The minimum atomic E-state index is -0.266. The molecule has 0 saturated carbocycles. The van der Waals surface area contributed by atoms with Crippen molar-refractivity contribution in [3.63, 3.8) is 0 Å². The van der Waals surface area contributed by atoms with Gasteiger partial charge < -0.3 is 5.32 Å². The highest BCUT2D eigenvalue weighted by molar-refractivity contribution is 6.12. The van der Waals surface area contributed by atoms with Crippen LogP contribution in [0.1, 0.15) is 17.0 Å². The highest BCUT2D eigenvalue weighted by Gasteiger charge is 2.33. The van der Waals surface area contributed by atoms with Crippen LogP contribution in [0.25, 0.3) is 21.5 Å². The normalized spacial score (nSPS) is 16.3. The van der Waals surface area contributed by atoms with Crippen molar-refractivity contribution in [3.05, 3.63) is 90.0 Å². The van der Waals surface area contributed by atoms with E-state index < -0.39 is 0 Å². The van der Waals surface area contributed by atoms with Crippen LogP contribution in [0.2, 0.25) is 0 Å². The highest BCUT2D eigenvalue weighted by atomic mass is 16.2. The smallest absolute Gasteiger partial charge is 0.236 e. The quantitative estimate of drug-likeness (QED) is 0.488. The van der Waals surface area contributed by atoms with E-state index in [9.17, 15) is 4.79 Å². The molecule has 1 amide bonds. The van der Waals surface area contributed by atoms with Crippen molar-refractivity contribution in [2.75, 3.05) is 5.32 Å². The Balaban J connectivity index is 1.93. The fourth-order valence-corrected chi connectivity index (χ4v) is 3.86. The summed E-state index contributed by atoms with van der Waals surface area (Å²) in [5.74, 6) is -0.213. The topological polar surface area (TPSA) is 29.1 Å². The lowest BCUT2D eigenvalue weighted by Crippen LogP contribution is -2.14. The second kappa shape index (κ2) is 4.93. The molecule has 5 rings (SSSR count). The van der Waals surface area contributed by atoms with Crippen molar-refractivity contribution >= 4 is 33.1 Å². The van der Waals surface area contributed by atoms with Crippen molar-refractivity contribution in [3.8, 4) is 0 Å². The Kier molecular flexibility index (Phi) is 2.74. The molecule has 1 aliphatic rings. The maximum Gasteiger partial charge on any atom is 0.236 e. The zero-order chi connectivity index (χ0) is 16.1. The molecule has 1 N–H and O–H groups in total. The average molecular weight is 309 g/mol. The van der Waals surface area contributed by atoms with E-state index in [1.54, 1.807) is 0 Å². The van der Waals surface area contributed by atoms with Crippen molar-refractivity contribution in [2.24, 2.45) is 0 Å². The maximum absolute atomic E-state index is 12.8. The number of nitrogens with one attached hydrogen (secondary N) is 1. The second-order valence-electron chi connectivity index (χ2n) is 6.24. The Bertz CT molecular complexity index is 1060. The standard InChI is InChI=1S/C22H15NO/c24-22-21(18-11-5-6-12-19(18)23-22)20-16-9-3-1-7-14(16)13-15-8-2-4-10-17(15)20/h1-13,21H,(H,23,24). The van der Waals surface area contributed by atoms with E-state index in [-0.39, 0.29) is 11.8 Å². The molecule has 0 radical (unpaired) electrons. The van der Waals surface area contributed by atoms with E-state index in [0.29, 0.717) is 0 Å². The zero-order valence-electron chi connectivity index (χ0n) is 13.0. The van der Waals surface area contributed by atoms with Gasteiger partial charge >= 0.3 is 0 Å². The third-order valence-electron chi connectivity index (χ3n) is 4.89. The first-order valence-electron chi connectivity index (χ1n) is 8.13. The van der Waals surface area contributed by atoms with Gasteiger partial charge in [-0.15, -0.1) is 0 Å². The van der Waals surface area contributed by atoms with Crippen molar-refractivity contribution in [1.82, 2.24) is 0 Å². The fraction of sp³-hybridized carbons (Fsp3) is 0.0455. The Morgan fingerprint density at radius 1 is 0.708 bits per heavy atom. The molecule has 2 heteroatoms. The minimum absolute atomic E-state index is 0.0534. The zero-order valence-corrected chi connectivity index (χ0v) is 13.0. The monoisotopic (exact) mass is 309 g/mol. The second-order valence-corrected chi connectivity index (χ2v) is 6.24. The molecule has 0 fully saturated rings. The summed E-state index contributed by atoms with van der Waals surface area (Å²) in [7, 11) is 0. The first-order valence-corrected chi connectivity index (χ1v) is 8.13. The molecule has 114 valence electrons. The summed E-state index contributed by atoms with van der Waals surface area (Å²) >= 11 is 0. The van der Waals surface area contributed by atoms with Crippen molar-refractivity contribution < 1.29 is 4.79 Å². The van der Waals surface area contributed by atoms with Crippen molar-refractivity contribution in [1.29, 1.82) is 0 Å². The third kappa shape index (κ3) is 1.80. The molecule has 1 heterocycles. The summed E-state index contributed by atoms with van der Waals surface area (Å²) in [6, 6.07) is 26.8. The number of anilines is 1. The number of hydrogen-bond donors (Lipinski definition) is 1. The number of carbonyl (C=O) groups is 1. The molecular formula is C22H15NO. The molecule has 0 spiro atoms. The van der Waals surface area contributed by atoms with Crippen LogP contribution in [-0.4, -0.2) is 5.91 Å². The van der Waals surface area contributed by atoms with Gasteiger partial charge in [0.05, 0.1) is 5.92 Å². The predicted molar refractivity (Wildman–Crippen MR) is 98.4 cm³/mol. The highest BCUT2D eigenvalue weighted by Crippen LogP contribution is 2.42. The lowest BCUT2D eigenvalue weighted by Gasteiger charge is -2.16. The van der Waals surface area contributed by atoms with Crippen LogP contribution in [-0.2, 0) is 4.79 Å². The molecule has 24 heavy (non-hydrogen) atoms. The molecule has 0 aromatic heterocycles. The van der Waals surface area contributed by atoms with Crippen LogP contribution in [0.5, 0.6) is 0 Å². The number of para-hydroxylation sites is 1. The van der Waals surface area contributed by atoms with E-state index in [1.165, 1.54) is 10.8 Å². The molecular weight excluding hydrogens is 294 g/mol. The minimum Gasteiger partial charge on any atom is -0.325 e. The van der Waals surface area contributed by atoms with Gasteiger partial charge in [-0.25, -0.2) is 0 Å². The summed E-state index contributed by atoms with van der Waals surface area (Å²) in [6.45, 7) is 0. The summed E-state index contributed by atoms with van der Waals surface area (Å²) in [6.07, 6.45) is 0. The maximum atomic E-state index is 12.8. The van der Waals surface area contributed by atoms with Crippen LogP contribution in [0.4, 0.5) is 5.69 Å². The lowest BCUT2D eigenvalue weighted by molar-refractivity contribution is -0.116. The molecule has 0 bridgehead atoms. The summed E-state index contributed by atoms with van der Waals surface area (Å²) in [5, 5.41) is 7.67. The Hall–Kier alpha value is -3.13. The molecule has 2 nitrogen and oxygen atoms in total. The molecule has 4 aromatic carbocycles. The largest absolute Gasteiger partial charge is 0.325 e. The van der Waals surface area contributed by atoms with Crippen LogP contribution in [0.15, 0.2) is 78.9 Å². The SMILES string of the molecule is O=C1Nc2ccccc2C1c1c2ccccc2cc2ccccc12. The first-order chi connectivity index (χ1) is 11.8. The predicted octanol–water partition coefficient (Wildman–Crippen LogP) is 5.08. The molecule has 1 atom stereocenters. The fourth-order valence-electron chi connectivity index (χ4n) is 3.86. The van der Waals surface area contributed by atoms with Crippen LogP contribution in [0, 0.1) is 0 Å². The number of rotatable bonds is 1. The van der Waals surface area contributed by atoms with Gasteiger partial charge in [-0.05, 0) is 44.8 Å². The Morgan fingerprint density at radius 2 is 1.29 bits per heavy atom. The van der Waals surface area contributed by atoms with Gasteiger partial charge in [0.2, 0.25) is 5.91 Å². The van der Waals surface area contributed by atoms with Gasteiger partial charge in [-0.2, -0.15) is 0 Å². The van der Waals surface area contributed by atoms with E-state index in [4.69, 9.17) is 0 Å². The van der Waals surface area contributed by atoms with E-state index in [0.717, 1.165) is 27.6 Å². The van der Waals surface area contributed by atoms with Gasteiger partial charge in [-0.1, -0.05) is 66.7 Å². The van der Waals surface area contributed by atoms with Crippen molar-refractivity contribution in [2.45, 2.75) is 5.92 Å². The van der Waals surface area contributed by atoms with Gasteiger partial charge in [-0.3, -0.25) is 4.79 Å². The number of fused-ring (bicyclic) bond motifs is 3. The van der Waals surface area contributed by atoms with Crippen LogP contribution >= 0.6 is 0 Å². The summed E-state index contributed by atoms with van der Waals surface area (Å²) in [5.41, 5.74) is 3.08. The van der Waals surface area contributed by atoms with Gasteiger partial charge in [0.15, 0.2) is 0 Å². The van der Waals surface area contributed by atoms with E-state index in [2.05, 4.69) is 41.7 Å². The number of amides is 1. The molecule has 1 aliphatic heterocycles. The third-order valence-corrected chi connectivity index (χ3v) is 4.89. The lowest BCUT2D eigenvalue weighted by atomic mass is 9.85. The van der Waals surface area contributed by atoms with Gasteiger partial charge in [0.25, 0.3) is 0 Å².